The molecule has 0 spiro atoms. The molecule has 29 heavy (non-hydrogen) atoms. The zero-order chi connectivity index (χ0) is 20.3. The van der Waals surface area contributed by atoms with Gasteiger partial charge in [-0.2, -0.15) is 0 Å². The van der Waals surface area contributed by atoms with Crippen LogP contribution in [0.3, 0.4) is 0 Å². The molecule has 1 saturated carbocycles. The van der Waals surface area contributed by atoms with Crippen LogP contribution in [0, 0.1) is 0 Å². The zero-order valence-corrected chi connectivity index (χ0v) is 17.2. The Kier molecular flexibility index (Phi) is 5.49. The number of thiophene rings is 1. The first-order valence-corrected chi connectivity index (χ1v) is 10.7. The van der Waals surface area contributed by atoms with E-state index in [9.17, 15) is 9.59 Å². The summed E-state index contributed by atoms with van der Waals surface area (Å²) in [6.45, 7) is 0.604. The summed E-state index contributed by atoms with van der Waals surface area (Å²) >= 11 is 1.40. The average molecular weight is 405 g/mol. The van der Waals surface area contributed by atoms with Gasteiger partial charge < -0.3 is 10.2 Å². The molecule has 2 aromatic carbocycles. The molecular weight excluding hydrogens is 380 g/mol. The Hall–Kier alpha value is -2.92. The van der Waals surface area contributed by atoms with E-state index < -0.39 is 0 Å². The van der Waals surface area contributed by atoms with E-state index in [2.05, 4.69) is 29.6 Å². The smallest absolute Gasteiger partial charge is 0.268 e. The molecule has 4 nitrogen and oxygen atoms in total. The second kappa shape index (κ2) is 8.21. The Morgan fingerprint density at radius 3 is 2.38 bits per heavy atom. The molecule has 3 aromatic rings. The van der Waals surface area contributed by atoms with Gasteiger partial charge in [0.2, 0.25) is 0 Å². The number of carbonyl (C=O) groups is 2. The molecule has 1 aromatic heterocycles. The molecule has 1 aliphatic rings. The van der Waals surface area contributed by atoms with Crippen LogP contribution >= 0.6 is 11.3 Å². The number of benzene rings is 2. The second-order valence-corrected chi connectivity index (χ2v) is 8.49. The van der Waals surface area contributed by atoms with Crippen LogP contribution < -0.4 is 10.2 Å². The first-order chi connectivity index (χ1) is 14.1. The van der Waals surface area contributed by atoms with Crippen LogP contribution in [0.4, 0.5) is 5.69 Å². The van der Waals surface area contributed by atoms with Gasteiger partial charge in [0.15, 0.2) is 0 Å². The van der Waals surface area contributed by atoms with Crippen LogP contribution in [0.25, 0.3) is 0 Å². The van der Waals surface area contributed by atoms with Gasteiger partial charge in [0.1, 0.15) is 0 Å². The molecule has 5 heteroatoms. The topological polar surface area (TPSA) is 49.4 Å². The Morgan fingerprint density at radius 2 is 1.72 bits per heavy atom. The fourth-order valence-corrected chi connectivity index (χ4v) is 4.64. The predicted octanol–water partition coefficient (Wildman–Crippen LogP) is 4.88. The molecule has 0 unspecified atom stereocenters. The van der Waals surface area contributed by atoms with E-state index in [0.29, 0.717) is 22.7 Å². The molecule has 0 aliphatic heterocycles. The van der Waals surface area contributed by atoms with E-state index in [1.165, 1.54) is 23.3 Å². The summed E-state index contributed by atoms with van der Waals surface area (Å²) < 4.78 is 0. The Bertz CT molecular complexity index is 995. The fraction of sp³-hybridized carbons (Fsp3) is 0.250. The third-order valence-corrected chi connectivity index (χ3v) is 6.69. The second-order valence-electron chi connectivity index (χ2n) is 7.54. The molecule has 1 N–H and O–H groups in total. The molecule has 2 amide bonds. The van der Waals surface area contributed by atoms with E-state index in [-0.39, 0.29) is 17.2 Å². The van der Waals surface area contributed by atoms with Crippen molar-refractivity contribution < 1.29 is 9.59 Å². The van der Waals surface area contributed by atoms with Crippen molar-refractivity contribution in [1.82, 2.24) is 5.32 Å². The van der Waals surface area contributed by atoms with Gasteiger partial charge >= 0.3 is 0 Å². The van der Waals surface area contributed by atoms with Crippen molar-refractivity contribution in [3.63, 3.8) is 0 Å². The van der Waals surface area contributed by atoms with Gasteiger partial charge in [0, 0.05) is 19.0 Å². The van der Waals surface area contributed by atoms with E-state index >= 15 is 0 Å². The van der Waals surface area contributed by atoms with E-state index in [0.717, 1.165) is 12.8 Å². The average Bonchev–Trinajstić information content (AvgIpc) is 3.27. The van der Waals surface area contributed by atoms with Gasteiger partial charge in [-0.3, -0.25) is 9.59 Å². The molecule has 1 heterocycles. The number of hydrogen-bond acceptors (Lipinski definition) is 3. The van der Waals surface area contributed by atoms with Crippen LogP contribution in [0.5, 0.6) is 0 Å². The highest BCUT2D eigenvalue weighted by Crippen LogP contribution is 2.43. The first-order valence-electron chi connectivity index (χ1n) is 9.85. The summed E-state index contributed by atoms with van der Waals surface area (Å²) in [5.41, 5.74) is 2.43. The van der Waals surface area contributed by atoms with Crippen molar-refractivity contribution in [1.29, 1.82) is 0 Å². The van der Waals surface area contributed by atoms with E-state index in [1.807, 2.05) is 35.7 Å². The van der Waals surface area contributed by atoms with Crippen molar-refractivity contribution in [2.45, 2.75) is 24.7 Å². The summed E-state index contributed by atoms with van der Waals surface area (Å²) in [4.78, 5) is 28.0. The highest BCUT2D eigenvalue weighted by atomic mass is 32.1. The molecule has 0 atom stereocenters. The monoisotopic (exact) mass is 404 g/mol. The van der Waals surface area contributed by atoms with Gasteiger partial charge in [-0.05, 0) is 42.0 Å². The number of nitrogens with one attached hydrogen (secondary N) is 1. The number of anilines is 1. The maximum absolute atomic E-state index is 13.1. The predicted molar refractivity (Wildman–Crippen MR) is 118 cm³/mol. The highest BCUT2D eigenvalue weighted by Gasteiger charge is 2.38. The molecule has 4 rings (SSSR count). The van der Waals surface area contributed by atoms with Gasteiger partial charge in [0.05, 0.1) is 16.1 Å². The Balaban J connectivity index is 1.52. The van der Waals surface area contributed by atoms with Crippen LogP contribution in [-0.2, 0) is 5.41 Å². The summed E-state index contributed by atoms with van der Waals surface area (Å²) in [5.74, 6) is -0.256. The quantitative estimate of drug-likeness (QED) is 0.637. The van der Waals surface area contributed by atoms with Crippen LogP contribution in [0.15, 0.2) is 72.1 Å². The van der Waals surface area contributed by atoms with Crippen molar-refractivity contribution in [2.75, 3.05) is 18.5 Å². The minimum Gasteiger partial charge on any atom is -0.351 e. The SMILES string of the molecule is CN(C(=O)c1cccs1)c1ccccc1C(=O)NCC1(c2ccccc2)CCC1. The lowest BCUT2D eigenvalue weighted by molar-refractivity contribution is 0.0928. The summed E-state index contributed by atoms with van der Waals surface area (Å²) in [7, 11) is 1.71. The number of rotatable bonds is 6. The maximum atomic E-state index is 13.1. The van der Waals surface area contributed by atoms with Crippen molar-refractivity contribution in [2.24, 2.45) is 0 Å². The Labute approximate surface area is 175 Å². The number of hydrogen-bond donors (Lipinski definition) is 1. The van der Waals surface area contributed by atoms with Crippen molar-refractivity contribution in [3.05, 3.63) is 88.1 Å². The van der Waals surface area contributed by atoms with Crippen LogP contribution in [-0.4, -0.2) is 25.4 Å². The fourth-order valence-electron chi connectivity index (χ4n) is 3.94. The molecule has 1 aliphatic carbocycles. The van der Waals surface area contributed by atoms with Crippen molar-refractivity contribution >= 4 is 28.8 Å². The minimum absolute atomic E-state index is 0.0184. The van der Waals surface area contributed by atoms with Crippen molar-refractivity contribution in [3.8, 4) is 0 Å². The summed E-state index contributed by atoms with van der Waals surface area (Å²) in [6.07, 6.45) is 3.34. The van der Waals surface area contributed by atoms with Crippen LogP contribution in [0.1, 0.15) is 44.9 Å². The lowest BCUT2D eigenvalue weighted by Crippen LogP contribution is -2.45. The normalized spacial score (nSPS) is 14.7. The zero-order valence-electron chi connectivity index (χ0n) is 16.4. The summed E-state index contributed by atoms with van der Waals surface area (Å²) in [6, 6.07) is 21.3. The number of nitrogens with zero attached hydrogens (tertiary/aromatic N) is 1. The number of amides is 2. The molecule has 0 saturated heterocycles. The highest BCUT2D eigenvalue weighted by molar-refractivity contribution is 7.12. The Morgan fingerprint density at radius 1 is 1.00 bits per heavy atom. The lowest BCUT2D eigenvalue weighted by Gasteiger charge is -2.42. The van der Waals surface area contributed by atoms with Gasteiger partial charge in [-0.25, -0.2) is 0 Å². The molecule has 0 bridgehead atoms. The summed E-state index contributed by atoms with van der Waals surface area (Å²) in [5, 5.41) is 5.01. The number of carbonyl (C=O) groups excluding carboxylic acids is 2. The van der Waals surface area contributed by atoms with Gasteiger partial charge in [-0.1, -0.05) is 55.0 Å². The van der Waals surface area contributed by atoms with Crippen LogP contribution in [0.2, 0.25) is 0 Å². The number of para-hydroxylation sites is 1. The lowest BCUT2D eigenvalue weighted by atomic mass is 9.64. The first kappa shape index (κ1) is 19.4. The van der Waals surface area contributed by atoms with E-state index in [1.54, 1.807) is 24.1 Å². The molecule has 0 radical (unpaired) electrons. The molecule has 148 valence electrons. The maximum Gasteiger partial charge on any atom is 0.268 e. The van der Waals surface area contributed by atoms with Gasteiger partial charge in [0.25, 0.3) is 11.8 Å². The standard InChI is InChI=1S/C24H24N2O2S/c1-26(23(28)21-13-7-16-29-21)20-12-6-5-11-19(20)22(27)25-17-24(14-8-15-24)18-9-3-2-4-10-18/h2-7,9-13,16H,8,14-15,17H2,1H3,(H,25,27). The third-order valence-electron chi connectivity index (χ3n) is 5.83. The molecular formula is C24H24N2O2S. The molecule has 1 fully saturated rings. The van der Waals surface area contributed by atoms with E-state index in [4.69, 9.17) is 0 Å². The third kappa shape index (κ3) is 3.83. The minimum atomic E-state index is -0.145. The largest absolute Gasteiger partial charge is 0.351 e. The van der Waals surface area contributed by atoms with Gasteiger partial charge in [-0.15, -0.1) is 11.3 Å².